The highest BCUT2D eigenvalue weighted by atomic mass is 16.2. The number of aromatic amines is 2. The number of hydrogen-bond donors (Lipinski definition) is 3. The van der Waals surface area contributed by atoms with E-state index in [1.54, 1.807) is 0 Å². The van der Waals surface area contributed by atoms with Gasteiger partial charge in [-0.1, -0.05) is 0 Å². The average Bonchev–Trinajstić information content (AvgIpc) is 3.18. The van der Waals surface area contributed by atoms with Gasteiger partial charge in [-0.15, -0.1) is 0 Å². The van der Waals surface area contributed by atoms with Gasteiger partial charge in [0.1, 0.15) is 5.69 Å². The van der Waals surface area contributed by atoms with E-state index in [9.17, 15) is 9.59 Å². The summed E-state index contributed by atoms with van der Waals surface area (Å²) in [7, 11) is 0. The maximum atomic E-state index is 12.4. The monoisotopic (exact) mass is 264 g/mol. The lowest BCUT2D eigenvalue weighted by atomic mass is 9.97. The quantitative estimate of drug-likeness (QED) is 0.732. The van der Waals surface area contributed by atoms with Gasteiger partial charge in [-0.25, -0.2) is 4.79 Å². The first kappa shape index (κ1) is 12.5. The number of H-pyrrole nitrogens is 2. The van der Waals surface area contributed by atoms with Crippen LogP contribution in [0, 0.1) is 5.92 Å². The Morgan fingerprint density at radius 3 is 2.58 bits per heavy atom. The maximum absolute atomic E-state index is 12.4. The lowest BCUT2D eigenvalue weighted by molar-refractivity contribution is 0.0696. The van der Waals surface area contributed by atoms with Crippen molar-refractivity contribution < 1.29 is 4.79 Å². The van der Waals surface area contributed by atoms with Crippen LogP contribution in [0.15, 0.2) is 11.0 Å². The van der Waals surface area contributed by atoms with Crippen LogP contribution < -0.4 is 11.0 Å². The summed E-state index contributed by atoms with van der Waals surface area (Å²) >= 11 is 0. The number of nitrogens with one attached hydrogen (secondary N) is 3. The molecule has 0 spiro atoms. The summed E-state index contributed by atoms with van der Waals surface area (Å²) in [4.78, 5) is 30.5. The van der Waals surface area contributed by atoms with Gasteiger partial charge in [0.2, 0.25) is 0 Å². The SMILES string of the molecule is O=C(c1c[nH]c(=O)[nH]1)N(CC1CCNCC1)C1CC1. The number of hydrogen-bond acceptors (Lipinski definition) is 3. The van der Waals surface area contributed by atoms with E-state index in [2.05, 4.69) is 15.3 Å². The summed E-state index contributed by atoms with van der Waals surface area (Å²) in [5.41, 5.74) is 0.0618. The molecule has 2 heterocycles. The molecule has 2 aliphatic rings. The van der Waals surface area contributed by atoms with E-state index < -0.39 is 0 Å². The second-order valence-corrected chi connectivity index (χ2v) is 5.54. The number of nitrogens with zero attached hydrogens (tertiary/aromatic N) is 1. The fourth-order valence-electron chi connectivity index (χ4n) is 2.73. The average molecular weight is 264 g/mol. The third-order valence-electron chi connectivity index (χ3n) is 3.99. The van der Waals surface area contributed by atoms with Crippen LogP contribution in [0.1, 0.15) is 36.2 Å². The normalized spacial score (nSPS) is 20.4. The van der Waals surface area contributed by atoms with Crippen molar-refractivity contribution in [1.29, 1.82) is 0 Å². The number of carbonyl (C=O) groups excluding carboxylic acids is 1. The lowest BCUT2D eigenvalue weighted by Gasteiger charge is -2.30. The minimum Gasteiger partial charge on any atom is -0.334 e. The number of aromatic nitrogens is 2. The van der Waals surface area contributed by atoms with E-state index in [0.29, 0.717) is 17.7 Å². The predicted octanol–water partition coefficient (Wildman–Crippen LogP) is 0.307. The fraction of sp³-hybridized carbons (Fsp3) is 0.692. The van der Waals surface area contributed by atoms with Crippen LogP contribution >= 0.6 is 0 Å². The topological polar surface area (TPSA) is 81.0 Å². The van der Waals surface area contributed by atoms with Gasteiger partial charge in [-0.05, 0) is 44.7 Å². The van der Waals surface area contributed by atoms with Gasteiger partial charge in [-0.3, -0.25) is 4.79 Å². The molecule has 0 radical (unpaired) electrons. The van der Waals surface area contributed by atoms with Gasteiger partial charge in [0.25, 0.3) is 5.91 Å². The van der Waals surface area contributed by atoms with Crippen molar-refractivity contribution in [2.75, 3.05) is 19.6 Å². The van der Waals surface area contributed by atoms with E-state index in [4.69, 9.17) is 0 Å². The van der Waals surface area contributed by atoms with Gasteiger partial charge < -0.3 is 20.2 Å². The van der Waals surface area contributed by atoms with Crippen LogP contribution in [-0.2, 0) is 0 Å². The third-order valence-corrected chi connectivity index (χ3v) is 3.99. The second kappa shape index (κ2) is 5.21. The summed E-state index contributed by atoms with van der Waals surface area (Å²) in [6.07, 6.45) is 5.90. The van der Waals surface area contributed by atoms with Gasteiger partial charge in [0, 0.05) is 18.8 Å². The van der Waals surface area contributed by atoms with Crippen molar-refractivity contribution in [2.45, 2.75) is 31.7 Å². The molecule has 0 aromatic carbocycles. The van der Waals surface area contributed by atoms with Crippen LogP contribution in [0.25, 0.3) is 0 Å². The zero-order chi connectivity index (χ0) is 13.2. The molecule has 6 nitrogen and oxygen atoms in total. The van der Waals surface area contributed by atoms with Crippen LogP contribution in [-0.4, -0.2) is 46.5 Å². The molecule has 1 saturated heterocycles. The largest absolute Gasteiger partial charge is 0.334 e. The highest BCUT2D eigenvalue weighted by Crippen LogP contribution is 2.29. The van der Waals surface area contributed by atoms with Crippen molar-refractivity contribution in [3.8, 4) is 0 Å². The van der Waals surface area contributed by atoms with Gasteiger partial charge in [0.05, 0.1) is 0 Å². The molecule has 2 fully saturated rings. The second-order valence-electron chi connectivity index (χ2n) is 5.54. The number of carbonyl (C=O) groups is 1. The number of rotatable bonds is 4. The summed E-state index contributed by atoms with van der Waals surface area (Å²) in [6.45, 7) is 2.90. The molecular formula is C13H20N4O2. The molecule has 0 bridgehead atoms. The number of amides is 1. The molecular weight excluding hydrogens is 244 g/mol. The van der Waals surface area contributed by atoms with Crippen LogP contribution in [0.3, 0.4) is 0 Å². The van der Waals surface area contributed by atoms with Gasteiger partial charge in [-0.2, -0.15) is 0 Å². The molecule has 104 valence electrons. The van der Waals surface area contributed by atoms with E-state index >= 15 is 0 Å². The Hall–Kier alpha value is -1.56. The molecule has 3 N–H and O–H groups in total. The molecule has 6 heteroatoms. The minimum absolute atomic E-state index is 0.0422. The van der Waals surface area contributed by atoms with E-state index in [1.807, 2.05) is 4.90 Å². The molecule has 1 aromatic rings. The number of imidazole rings is 1. The Bertz CT molecular complexity index is 497. The Labute approximate surface area is 111 Å². The van der Waals surface area contributed by atoms with E-state index in [-0.39, 0.29) is 11.6 Å². The Balaban J connectivity index is 1.69. The highest BCUT2D eigenvalue weighted by Gasteiger charge is 2.35. The first-order valence-electron chi connectivity index (χ1n) is 7.03. The Kier molecular flexibility index (Phi) is 3.42. The molecule has 1 amide bonds. The maximum Gasteiger partial charge on any atom is 0.323 e. The molecule has 0 unspecified atom stereocenters. The molecule has 1 saturated carbocycles. The summed E-state index contributed by atoms with van der Waals surface area (Å²) < 4.78 is 0. The first-order chi connectivity index (χ1) is 9.24. The van der Waals surface area contributed by atoms with Crippen molar-refractivity contribution in [3.63, 3.8) is 0 Å². The number of piperidine rings is 1. The third kappa shape index (κ3) is 2.89. The molecule has 1 aliphatic carbocycles. The zero-order valence-corrected chi connectivity index (χ0v) is 10.9. The minimum atomic E-state index is -0.319. The van der Waals surface area contributed by atoms with Crippen molar-refractivity contribution in [3.05, 3.63) is 22.4 Å². The smallest absolute Gasteiger partial charge is 0.323 e. The van der Waals surface area contributed by atoms with Gasteiger partial charge in [0.15, 0.2) is 0 Å². The van der Waals surface area contributed by atoms with E-state index in [0.717, 1.165) is 45.3 Å². The first-order valence-corrected chi connectivity index (χ1v) is 7.03. The summed E-state index contributed by atoms with van der Waals surface area (Å²) in [5, 5.41) is 3.34. The fourth-order valence-corrected chi connectivity index (χ4v) is 2.73. The summed E-state index contributed by atoms with van der Waals surface area (Å²) in [5.74, 6) is 0.538. The molecule has 19 heavy (non-hydrogen) atoms. The Morgan fingerprint density at radius 2 is 2.00 bits per heavy atom. The summed E-state index contributed by atoms with van der Waals surface area (Å²) in [6, 6.07) is 0.376. The Morgan fingerprint density at radius 1 is 1.26 bits per heavy atom. The highest BCUT2D eigenvalue weighted by molar-refractivity contribution is 5.92. The van der Waals surface area contributed by atoms with Crippen LogP contribution in [0.5, 0.6) is 0 Å². The van der Waals surface area contributed by atoms with Crippen molar-refractivity contribution >= 4 is 5.91 Å². The lowest BCUT2D eigenvalue weighted by Crippen LogP contribution is -2.40. The van der Waals surface area contributed by atoms with Gasteiger partial charge >= 0.3 is 5.69 Å². The zero-order valence-electron chi connectivity index (χ0n) is 10.9. The molecule has 1 aromatic heterocycles. The molecule has 3 rings (SSSR count). The van der Waals surface area contributed by atoms with Crippen molar-refractivity contribution in [1.82, 2.24) is 20.2 Å². The predicted molar refractivity (Wildman–Crippen MR) is 71.1 cm³/mol. The molecule has 1 aliphatic heterocycles. The van der Waals surface area contributed by atoms with Crippen molar-refractivity contribution in [2.24, 2.45) is 5.92 Å². The molecule has 0 atom stereocenters. The van der Waals surface area contributed by atoms with E-state index in [1.165, 1.54) is 6.20 Å². The van der Waals surface area contributed by atoms with Crippen LogP contribution in [0.4, 0.5) is 0 Å². The van der Waals surface area contributed by atoms with Crippen LogP contribution in [0.2, 0.25) is 0 Å². The standard InChI is InChI=1S/C13H20N4O2/c18-12(11-7-15-13(19)16-11)17(10-1-2-10)8-9-3-5-14-6-4-9/h7,9-10,14H,1-6,8H2,(H2,15,16,19).